The lowest BCUT2D eigenvalue weighted by molar-refractivity contribution is -0.118. The second-order valence-electron chi connectivity index (χ2n) is 6.98. The zero-order valence-electron chi connectivity index (χ0n) is 17.2. The minimum atomic E-state index is -0.0838. The van der Waals surface area contributed by atoms with Gasteiger partial charge in [-0.25, -0.2) is 9.97 Å². The Balaban J connectivity index is 1.37. The number of rotatable bonds is 7. The Morgan fingerprint density at radius 2 is 2.03 bits per heavy atom. The molecule has 7 nitrogen and oxygen atoms in total. The van der Waals surface area contributed by atoms with E-state index in [0.29, 0.717) is 17.5 Å². The number of carbonyl (C=O) groups excluding carboxylic acids is 1. The first-order valence-corrected chi connectivity index (χ1v) is 11.8. The van der Waals surface area contributed by atoms with E-state index >= 15 is 0 Å². The first kappa shape index (κ1) is 20.5. The third-order valence-corrected chi connectivity index (χ3v) is 6.64. The summed E-state index contributed by atoms with van der Waals surface area (Å²) in [5, 5.41) is 11.2. The van der Waals surface area contributed by atoms with E-state index in [4.69, 9.17) is 14.7 Å². The summed E-state index contributed by atoms with van der Waals surface area (Å²) in [5.41, 5.74) is 2.54. The van der Waals surface area contributed by atoms with E-state index in [9.17, 15) is 4.79 Å². The molecule has 5 aromatic rings. The van der Waals surface area contributed by atoms with Gasteiger partial charge < -0.3 is 10.1 Å². The average Bonchev–Trinajstić information content (AvgIpc) is 3.52. The van der Waals surface area contributed by atoms with Crippen LogP contribution in [0.5, 0.6) is 5.75 Å². The largest absolute Gasteiger partial charge is 0.497 e. The van der Waals surface area contributed by atoms with Crippen molar-refractivity contribution in [2.75, 3.05) is 12.9 Å². The molecule has 0 radical (unpaired) electrons. The summed E-state index contributed by atoms with van der Waals surface area (Å²) >= 11 is 2.93. The van der Waals surface area contributed by atoms with Gasteiger partial charge in [0.15, 0.2) is 16.6 Å². The zero-order chi connectivity index (χ0) is 21.9. The van der Waals surface area contributed by atoms with Crippen molar-refractivity contribution in [3.8, 4) is 16.5 Å². The number of nitrogens with zero attached hydrogens (tertiary/aromatic N) is 4. The molecule has 0 unspecified atom stereocenters. The van der Waals surface area contributed by atoms with Gasteiger partial charge in [-0.05, 0) is 41.3 Å². The molecule has 9 heteroatoms. The van der Waals surface area contributed by atoms with Crippen LogP contribution in [-0.4, -0.2) is 38.4 Å². The van der Waals surface area contributed by atoms with Crippen LogP contribution in [0.2, 0.25) is 0 Å². The van der Waals surface area contributed by atoms with E-state index in [0.717, 1.165) is 32.7 Å². The summed E-state index contributed by atoms with van der Waals surface area (Å²) in [5.74, 6) is 1.56. The van der Waals surface area contributed by atoms with Crippen molar-refractivity contribution < 1.29 is 9.53 Å². The number of hydrogen-bond acceptors (Lipinski definition) is 7. The molecule has 1 amide bonds. The number of amides is 1. The Hall–Kier alpha value is -3.43. The normalized spacial score (nSPS) is 11.2. The summed E-state index contributed by atoms with van der Waals surface area (Å²) in [6.07, 6.45) is 0. The number of thioether (sulfide) groups is 1. The summed E-state index contributed by atoms with van der Waals surface area (Å²) in [7, 11) is 1.62. The molecule has 0 spiro atoms. The number of hydrogen-bond donors (Lipinski definition) is 1. The monoisotopic (exact) mass is 461 g/mol. The first-order chi connectivity index (χ1) is 15.7. The highest BCUT2D eigenvalue weighted by Gasteiger charge is 2.16. The fraction of sp³-hybridized carbons (Fsp3) is 0.130. The highest BCUT2D eigenvalue weighted by molar-refractivity contribution is 7.99. The molecule has 2 aromatic carbocycles. The second-order valence-corrected chi connectivity index (χ2v) is 8.87. The van der Waals surface area contributed by atoms with E-state index in [-0.39, 0.29) is 11.7 Å². The standard InChI is InChI=1S/C23H19N5O2S2/c1-30-16-7-4-6-15(12-16)13-24-20(29)14-32-23-25-18-9-3-2-8-17(18)22-26-21(27-28(22)23)19-10-5-11-31-19/h2-12H,13-14H2,1H3,(H,24,29). The summed E-state index contributed by atoms with van der Waals surface area (Å²) in [6.45, 7) is 0.434. The van der Waals surface area contributed by atoms with Crippen LogP contribution in [0.3, 0.4) is 0 Å². The molecule has 160 valence electrons. The van der Waals surface area contributed by atoms with Gasteiger partial charge in [0, 0.05) is 11.9 Å². The van der Waals surface area contributed by atoms with Crippen LogP contribution in [0.1, 0.15) is 5.56 Å². The third-order valence-electron chi connectivity index (χ3n) is 4.85. The number of benzene rings is 2. The van der Waals surface area contributed by atoms with E-state index in [1.165, 1.54) is 11.8 Å². The van der Waals surface area contributed by atoms with E-state index in [1.807, 2.05) is 66.0 Å². The molecule has 3 heterocycles. The van der Waals surface area contributed by atoms with Crippen LogP contribution in [0.15, 0.2) is 71.2 Å². The number of nitrogens with one attached hydrogen (secondary N) is 1. The van der Waals surface area contributed by atoms with Gasteiger partial charge in [0.1, 0.15) is 5.75 Å². The Morgan fingerprint density at radius 1 is 1.12 bits per heavy atom. The topological polar surface area (TPSA) is 81.4 Å². The lowest BCUT2D eigenvalue weighted by atomic mass is 10.2. The van der Waals surface area contributed by atoms with Crippen molar-refractivity contribution in [1.29, 1.82) is 0 Å². The molecular weight excluding hydrogens is 442 g/mol. The Morgan fingerprint density at radius 3 is 2.88 bits per heavy atom. The lowest BCUT2D eigenvalue weighted by Crippen LogP contribution is -2.24. The van der Waals surface area contributed by atoms with Gasteiger partial charge in [-0.3, -0.25) is 4.79 Å². The molecule has 3 aromatic heterocycles. The quantitative estimate of drug-likeness (QED) is 0.285. The van der Waals surface area contributed by atoms with E-state index in [1.54, 1.807) is 23.0 Å². The molecule has 0 fully saturated rings. The number of thiophene rings is 1. The van der Waals surface area contributed by atoms with Gasteiger partial charge >= 0.3 is 0 Å². The number of ether oxygens (including phenoxy) is 1. The Kier molecular flexibility index (Phi) is 5.74. The summed E-state index contributed by atoms with van der Waals surface area (Å²) in [6, 6.07) is 19.4. The number of fused-ring (bicyclic) bond motifs is 3. The van der Waals surface area contributed by atoms with E-state index in [2.05, 4.69) is 10.4 Å². The molecule has 0 bridgehead atoms. The van der Waals surface area contributed by atoms with Crippen molar-refractivity contribution in [2.45, 2.75) is 11.7 Å². The average molecular weight is 462 g/mol. The Labute approximate surface area is 192 Å². The van der Waals surface area contributed by atoms with Crippen LogP contribution in [0, 0.1) is 0 Å². The van der Waals surface area contributed by atoms with Gasteiger partial charge in [0.05, 0.1) is 23.3 Å². The molecule has 32 heavy (non-hydrogen) atoms. The maximum absolute atomic E-state index is 12.5. The van der Waals surface area contributed by atoms with Crippen molar-refractivity contribution >= 4 is 45.6 Å². The molecule has 0 saturated heterocycles. The number of para-hydroxylation sites is 1. The predicted octanol–water partition coefficient (Wildman–Crippen LogP) is 4.42. The van der Waals surface area contributed by atoms with Crippen molar-refractivity contribution in [3.63, 3.8) is 0 Å². The van der Waals surface area contributed by atoms with Gasteiger partial charge in [-0.15, -0.1) is 16.4 Å². The second kappa shape index (κ2) is 8.97. The van der Waals surface area contributed by atoms with Crippen LogP contribution in [-0.2, 0) is 11.3 Å². The minimum Gasteiger partial charge on any atom is -0.497 e. The smallest absolute Gasteiger partial charge is 0.230 e. The molecule has 0 aliphatic carbocycles. The van der Waals surface area contributed by atoms with E-state index < -0.39 is 0 Å². The fourth-order valence-electron chi connectivity index (χ4n) is 3.30. The van der Waals surface area contributed by atoms with Gasteiger partial charge in [0.2, 0.25) is 5.91 Å². The van der Waals surface area contributed by atoms with Gasteiger partial charge in [-0.2, -0.15) is 4.52 Å². The molecule has 0 atom stereocenters. The summed E-state index contributed by atoms with van der Waals surface area (Å²) in [4.78, 5) is 23.0. The fourth-order valence-corrected chi connectivity index (χ4v) is 4.73. The highest BCUT2D eigenvalue weighted by Crippen LogP contribution is 2.28. The van der Waals surface area contributed by atoms with Crippen molar-refractivity contribution in [3.05, 3.63) is 71.6 Å². The number of aromatic nitrogens is 4. The first-order valence-electron chi connectivity index (χ1n) is 9.93. The molecule has 5 rings (SSSR count). The molecule has 0 aliphatic heterocycles. The van der Waals surface area contributed by atoms with Crippen molar-refractivity contribution in [2.24, 2.45) is 0 Å². The maximum atomic E-state index is 12.5. The summed E-state index contributed by atoms with van der Waals surface area (Å²) < 4.78 is 6.97. The van der Waals surface area contributed by atoms with Crippen LogP contribution in [0.4, 0.5) is 0 Å². The number of carbonyl (C=O) groups is 1. The highest BCUT2D eigenvalue weighted by atomic mass is 32.2. The zero-order valence-corrected chi connectivity index (χ0v) is 18.8. The molecule has 0 saturated carbocycles. The molecular formula is C23H19N5O2S2. The third kappa shape index (κ3) is 4.17. The SMILES string of the molecule is COc1cccc(CNC(=O)CSc2nc3ccccc3c3nc(-c4cccs4)nn23)c1. The van der Waals surface area contributed by atoms with Crippen LogP contribution >= 0.6 is 23.1 Å². The van der Waals surface area contributed by atoms with Gasteiger partial charge in [0.25, 0.3) is 0 Å². The van der Waals surface area contributed by atoms with Crippen LogP contribution < -0.4 is 10.1 Å². The molecule has 0 aliphatic rings. The van der Waals surface area contributed by atoms with Gasteiger partial charge in [-0.1, -0.05) is 42.1 Å². The maximum Gasteiger partial charge on any atom is 0.230 e. The van der Waals surface area contributed by atoms with Crippen LogP contribution in [0.25, 0.3) is 27.3 Å². The number of methoxy groups -OCH3 is 1. The lowest BCUT2D eigenvalue weighted by Gasteiger charge is -2.08. The minimum absolute atomic E-state index is 0.0838. The van der Waals surface area contributed by atoms with Crippen molar-refractivity contribution in [1.82, 2.24) is 24.9 Å². The molecule has 1 N–H and O–H groups in total. The predicted molar refractivity (Wildman–Crippen MR) is 127 cm³/mol. The Bertz CT molecular complexity index is 1400.